The summed E-state index contributed by atoms with van der Waals surface area (Å²) in [5.41, 5.74) is 5.19. The maximum atomic E-state index is 14.3. The molecule has 4 atom stereocenters. The second kappa shape index (κ2) is 16.1. The Hall–Kier alpha value is -4.08. The van der Waals surface area contributed by atoms with Crippen molar-refractivity contribution in [2.24, 2.45) is 17.0 Å². The summed E-state index contributed by atoms with van der Waals surface area (Å²) in [6.07, 6.45) is 3.71. The van der Waals surface area contributed by atoms with Crippen molar-refractivity contribution in [3.05, 3.63) is 94.5 Å². The van der Waals surface area contributed by atoms with E-state index in [2.05, 4.69) is 29.4 Å². The molecule has 0 radical (unpaired) electrons. The van der Waals surface area contributed by atoms with Gasteiger partial charge >= 0.3 is 6.09 Å². The van der Waals surface area contributed by atoms with E-state index in [0.29, 0.717) is 37.4 Å². The Kier molecular flexibility index (Phi) is 11.6. The molecule has 1 saturated carbocycles. The Morgan fingerprint density at radius 2 is 1.71 bits per heavy atom. The third-order valence-electron chi connectivity index (χ3n) is 10.6. The molecule has 0 bridgehead atoms. The number of likely N-dealkylation sites (tertiary alicyclic amines) is 1. The fourth-order valence-corrected chi connectivity index (χ4v) is 8.27. The molecule has 10 heteroatoms. The molecule has 4 aliphatic rings. The second-order valence-corrected chi connectivity index (χ2v) is 14.6. The number of carbonyl (C=O) groups is 3. The number of fused-ring (bicyclic) bond motifs is 3. The number of hydrogen-bond donors (Lipinski definition) is 0. The molecular weight excluding hydrogens is 671 g/mol. The fourth-order valence-electron chi connectivity index (χ4n) is 8.08. The SMILES string of the molecule is CCC[C@@H](CC(=O)[C@@H]1C[C@]2(CC(c3cccc(Cl)c3)=NO2)CN1C(=O)OCC1c2ccccc2-c2ccccc21)C(OC)C(=O)CC1CC1.CF. The highest BCUT2D eigenvalue weighted by Crippen LogP contribution is 2.45. The number of halogens is 2. The van der Waals surface area contributed by atoms with Gasteiger partial charge in [0, 0.05) is 49.3 Å². The number of oxime groups is 1. The summed E-state index contributed by atoms with van der Waals surface area (Å²) in [6, 6.07) is 23.0. The van der Waals surface area contributed by atoms with Crippen LogP contribution in [0.1, 0.15) is 80.9 Å². The van der Waals surface area contributed by atoms with Crippen molar-refractivity contribution in [1.29, 1.82) is 0 Å². The summed E-state index contributed by atoms with van der Waals surface area (Å²) in [5, 5.41) is 5.01. The predicted molar refractivity (Wildman–Crippen MR) is 195 cm³/mol. The first kappa shape index (κ1) is 36.7. The number of ether oxygens (including phenoxy) is 2. The molecule has 51 heavy (non-hydrogen) atoms. The summed E-state index contributed by atoms with van der Waals surface area (Å²) in [6.45, 7) is 2.34. The Labute approximate surface area is 304 Å². The third kappa shape index (κ3) is 7.90. The smallest absolute Gasteiger partial charge is 0.410 e. The zero-order valence-corrected chi connectivity index (χ0v) is 30.2. The lowest BCUT2D eigenvalue weighted by Gasteiger charge is -2.28. The Morgan fingerprint density at radius 1 is 1.02 bits per heavy atom. The van der Waals surface area contributed by atoms with E-state index >= 15 is 0 Å². The minimum absolute atomic E-state index is 0.0613. The summed E-state index contributed by atoms with van der Waals surface area (Å²) in [4.78, 5) is 49.3. The van der Waals surface area contributed by atoms with Crippen molar-refractivity contribution in [2.45, 2.75) is 82.0 Å². The fraction of sp³-hybridized carbons (Fsp3) is 0.463. The molecule has 1 unspecified atom stereocenters. The van der Waals surface area contributed by atoms with Crippen LogP contribution in [0.25, 0.3) is 11.1 Å². The maximum Gasteiger partial charge on any atom is 0.410 e. The van der Waals surface area contributed by atoms with Gasteiger partial charge in [0.25, 0.3) is 0 Å². The van der Waals surface area contributed by atoms with E-state index in [4.69, 9.17) is 25.9 Å². The molecule has 2 heterocycles. The number of rotatable bonds is 13. The molecule has 0 N–H and O–H groups in total. The predicted octanol–water partition coefficient (Wildman–Crippen LogP) is 8.57. The van der Waals surface area contributed by atoms with Crippen LogP contribution in [0.15, 0.2) is 78.0 Å². The van der Waals surface area contributed by atoms with Gasteiger partial charge in [-0.2, -0.15) is 0 Å². The Balaban J connectivity index is 0.00000220. The molecule has 1 spiro atoms. The van der Waals surface area contributed by atoms with Crippen LogP contribution in [0, 0.1) is 11.8 Å². The van der Waals surface area contributed by atoms with Crippen molar-refractivity contribution in [3.8, 4) is 11.1 Å². The second-order valence-electron chi connectivity index (χ2n) is 14.1. The third-order valence-corrected chi connectivity index (χ3v) is 10.9. The summed E-state index contributed by atoms with van der Waals surface area (Å²) in [7, 11) is 2.05. The van der Waals surface area contributed by atoms with Gasteiger partial charge in [0.2, 0.25) is 0 Å². The van der Waals surface area contributed by atoms with Gasteiger partial charge < -0.3 is 14.3 Å². The highest BCUT2D eigenvalue weighted by Gasteiger charge is 2.54. The van der Waals surface area contributed by atoms with Crippen molar-refractivity contribution < 1.29 is 33.1 Å². The van der Waals surface area contributed by atoms with Crippen LogP contribution in [-0.2, 0) is 23.9 Å². The number of amides is 1. The summed E-state index contributed by atoms with van der Waals surface area (Å²) < 4.78 is 21.3. The lowest BCUT2D eigenvalue weighted by atomic mass is 9.84. The lowest BCUT2D eigenvalue weighted by Crippen LogP contribution is -2.43. The first-order valence-electron chi connectivity index (χ1n) is 17.9. The number of ketones is 2. The monoisotopic (exact) mass is 716 g/mol. The van der Waals surface area contributed by atoms with E-state index in [1.54, 1.807) is 13.2 Å². The van der Waals surface area contributed by atoms with Gasteiger partial charge in [-0.3, -0.25) is 18.9 Å². The lowest BCUT2D eigenvalue weighted by molar-refractivity contribution is -0.134. The molecule has 1 saturated heterocycles. The molecule has 1 amide bonds. The van der Waals surface area contributed by atoms with Crippen LogP contribution in [0.5, 0.6) is 0 Å². The highest BCUT2D eigenvalue weighted by atomic mass is 35.5. The average molecular weight is 717 g/mol. The molecule has 2 aliphatic carbocycles. The van der Waals surface area contributed by atoms with E-state index in [9.17, 15) is 18.8 Å². The molecule has 2 aliphatic heterocycles. The van der Waals surface area contributed by atoms with Gasteiger partial charge in [-0.15, -0.1) is 0 Å². The number of Topliss-reactive ketones (excluding diaryl/α,β-unsaturated/α-hetero) is 2. The topological polar surface area (TPSA) is 94.5 Å². The van der Waals surface area contributed by atoms with Crippen molar-refractivity contribution in [2.75, 3.05) is 27.4 Å². The minimum atomic E-state index is -0.883. The number of benzene rings is 3. The largest absolute Gasteiger partial charge is 0.448 e. The van der Waals surface area contributed by atoms with Gasteiger partial charge in [-0.1, -0.05) is 90.8 Å². The van der Waals surface area contributed by atoms with Gasteiger partial charge in [0.15, 0.2) is 17.2 Å². The normalized spacial score (nSPS) is 21.5. The van der Waals surface area contributed by atoms with Crippen LogP contribution in [0.2, 0.25) is 5.02 Å². The number of alkyl halides is 1. The molecular formula is C41H46ClFN2O6. The zero-order chi connectivity index (χ0) is 36.1. The van der Waals surface area contributed by atoms with Crippen LogP contribution in [0.4, 0.5) is 9.18 Å². The van der Waals surface area contributed by atoms with Crippen molar-refractivity contribution in [1.82, 2.24) is 4.90 Å². The standard InChI is InChI=1S/C40H43ClN2O6.CH3F/c1-3-9-27(38(47-2)37(45)18-25-16-17-25)20-36(44)35-22-40(21-34(42-49-40)26-10-8-11-28(41)19-26)24-43(35)39(46)48-23-33-31-14-6-4-12-29(31)30-13-5-7-15-32(30)33;1-2/h4-8,10-15,19,25,27,33,35,38H,3,9,16-18,20-24H2,1-2H3;1H3/t27-,35-,38?,40+;/m0./s1. The molecule has 270 valence electrons. The van der Waals surface area contributed by atoms with Gasteiger partial charge in [-0.25, -0.2) is 4.79 Å². The quantitative estimate of drug-likeness (QED) is 0.176. The van der Waals surface area contributed by atoms with Crippen LogP contribution in [0.3, 0.4) is 0 Å². The van der Waals surface area contributed by atoms with E-state index in [0.717, 1.165) is 52.8 Å². The van der Waals surface area contributed by atoms with Crippen LogP contribution in [-0.4, -0.2) is 73.5 Å². The first-order chi connectivity index (χ1) is 24.8. The summed E-state index contributed by atoms with van der Waals surface area (Å²) in [5.74, 6) is -0.0277. The maximum absolute atomic E-state index is 14.3. The minimum Gasteiger partial charge on any atom is -0.448 e. The van der Waals surface area contributed by atoms with Gasteiger partial charge in [0.1, 0.15) is 12.7 Å². The van der Waals surface area contributed by atoms with E-state index in [1.165, 1.54) is 4.90 Å². The average Bonchev–Trinajstić information content (AvgIpc) is 3.60. The van der Waals surface area contributed by atoms with E-state index in [1.807, 2.05) is 49.4 Å². The van der Waals surface area contributed by atoms with Crippen molar-refractivity contribution >= 4 is 35.0 Å². The van der Waals surface area contributed by atoms with Crippen LogP contribution < -0.4 is 0 Å². The van der Waals surface area contributed by atoms with Gasteiger partial charge in [0.05, 0.1) is 25.5 Å². The van der Waals surface area contributed by atoms with Crippen LogP contribution >= 0.6 is 11.6 Å². The molecule has 7 rings (SSSR count). The first-order valence-corrected chi connectivity index (χ1v) is 18.3. The Morgan fingerprint density at radius 3 is 2.33 bits per heavy atom. The molecule has 0 aromatic heterocycles. The van der Waals surface area contributed by atoms with Crippen molar-refractivity contribution in [3.63, 3.8) is 0 Å². The Bertz CT molecular complexity index is 1730. The zero-order valence-electron chi connectivity index (χ0n) is 29.5. The molecule has 3 aromatic carbocycles. The number of methoxy groups -OCH3 is 1. The summed E-state index contributed by atoms with van der Waals surface area (Å²) >= 11 is 6.28. The highest BCUT2D eigenvalue weighted by molar-refractivity contribution is 6.31. The number of carbonyl (C=O) groups excluding carboxylic acids is 3. The molecule has 2 fully saturated rings. The molecule has 3 aromatic rings. The van der Waals surface area contributed by atoms with Gasteiger partial charge in [-0.05, 0) is 65.5 Å². The molecule has 8 nitrogen and oxygen atoms in total. The number of hydrogen-bond acceptors (Lipinski definition) is 7. The number of nitrogens with zero attached hydrogens (tertiary/aromatic N) is 2. The van der Waals surface area contributed by atoms with E-state index in [-0.39, 0.29) is 49.4 Å². The van der Waals surface area contributed by atoms with E-state index < -0.39 is 23.8 Å².